The van der Waals surface area contributed by atoms with Gasteiger partial charge in [0.05, 0.1) is 0 Å². The Morgan fingerprint density at radius 3 is 2.88 bits per heavy atom. The van der Waals surface area contributed by atoms with Crippen LogP contribution in [0.15, 0.2) is 21.6 Å². The fourth-order valence-electron chi connectivity index (χ4n) is 1.67. The average molecular weight is 263 g/mol. The minimum absolute atomic E-state index is 0. The quantitative estimate of drug-likeness (QED) is 0.823. The first-order valence-corrected chi connectivity index (χ1v) is 6.12. The van der Waals surface area contributed by atoms with Crippen molar-refractivity contribution in [2.24, 2.45) is 5.73 Å². The van der Waals surface area contributed by atoms with Crippen LogP contribution in [0.3, 0.4) is 0 Å². The van der Waals surface area contributed by atoms with Crippen LogP contribution >= 0.6 is 24.2 Å². The zero-order valence-corrected chi connectivity index (χ0v) is 10.6. The lowest BCUT2D eigenvalue weighted by Crippen LogP contribution is -2.31. The predicted molar refractivity (Wildman–Crippen MR) is 66.2 cm³/mol. The van der Waals surface area contributed by atoms with Crippen molar-refractivity contribution in [3.63, 3.8) is 0 Å². The summed E-state index contributed by atoms with van der Waals surface area (Å²) < 4.78 is 5.37. The van der Waals surface area contributed by atoms with Gasteiger partial charge >= 0.3 is 0 Å². The number of furan rings is 1. The number of nitrogens with zero attached hydrogens (tertiary/aromatic N) is 1. The van der Waals surface area contributed by atoms with E-state index in [1.54, 1.807) is 11.0 Å². The van der Waals surface area contributed by atoms with Crippen LogP contribution in [0.25, 0.3) is 0 Å². The highest BCUT2D eigenvalue weighted by Crippen LogP contribution is 2.20. The number of likely N-dealkylation sites (tertiary alicyclic amines) is 1. The summed E-state index contributed by atoms with van der Waals surface area (Å²) in [4.78, 5) is 13.6. The van der Waals surface area contributed by atoms with Crippen LogP contribution in [0.4, 0.5) is 0 Å². The number of hydrogen-bond acceptors (Lipinski definition) is 4. The fraction of sp³-hybridized carbons (Fsp3) is 0.500. The zero-order chi connectivity index (χ0) is 10.8. The van der Waals surface area contributed by atoms with Crippen LogP contribution in [0.2, 0.25) is 0 Å². The molecule has 1 aliphatic heterocycles. The molecule has 1 aromatic heterocycles. The van der Waals surface area contributed by atoms with Crippen molar-refractivity contribution in [3.05, 3.63) is 17.9 Å². The van der Waals surface area contributed by atoms with E-state index in [-0.39, 0.29) is 24.4 Å². The molecule has 2 rings (SSSR count). The molecular formula is C10H15ClN2O2S. The number of hydrogen-bond donors (Lipinski definition) is 1. The first-order valence-electron chi connectivity index (χ1n) is 4.89. The molecule has 2 heterocycles. The van der Waals surface area contributed by atoms with E-state index in [0.717, 1.165) is 18.1 Å². The summed E-state index contributed by atoms with van der Waals surface area (Å²) >= 11 is 1.49. The second kappa shape index (κ2) is 5.61. The van der Waals surface area contributed by atoms with Gasteiger partial charge in [0.15, 0.2) is 10.9 Å². The Kier molecular flexibility index (Phi) is 4.70. The molecule has 1 saturated heterocycles. The molecule has 1 amide bonds. The van der Waals surface area contributed by atoms with Crippen LogP contribution in [0, 0.1) is 0 Å². The Balaban J connectivity index is 0.00000128. The second-order valence-electron chi connectivity index (χ2n) is 3.62. The van der Waals surface area contributed by atoms with Gasteiger partial charge in [-0.1, -0.05) is 11.8 Å². The largest absolute Gasteiger partial charge is 0.445 e. The van der Waals surface area contributed by atoms with E-state index in [0.29, 0.717) is 12.3 Å². The number of thioether (sulfide) groups is 1. The van der Waals surface area contributed by atoms with Gasteiger partial charge in [-0.05, 0) is 24.8 Å². The van der Waals surface area contributed by atoms with Crippen LogP contribution < -0.4 is 5.73 Å². The monoisotopic (exact) mass is 262 g/mol. The molecule has 0 aromatic carbocycles. The second-order valence-corrected chi connectivity index (χ2v) is 4.43. The van der Waals surface area contributed by atoms with Crippen LogP contribution in [0.1, 0.15) is 17.0 Å². The zero-order valence-electron chi connectivity index (χ0n) is 9.01. The number of carbonyl (C=O) groups is 1. The normalized spacial score (nSPS) is 19.6. The summed E-state index contributed by atoms with van der Waals surface area (Å²) in [5.74, 6) is 0.358. The van der Waals surface area contributed by atoms with Gasteiger partial charge in [0.2, 0.25) is 0 Å². The van der Waals surface area contributed by atoms with Crippen LogP contribution in [-0.2, 0) is 0 Å². The lowest BCUT2D eigenvalue weighted by molar-refractivity contribution is 0.0754. The molecule has 2 N–H and O–H groups in total. The van der Waals surface area contributed by atoms with E-state index < -0.39 is 0 Å². The van der Waals surface area contributed by atoms with Gasteiger partial charge in [-0.25, -0.2) is 0 Å². The van der Waals surface area contributed by atoms with Crippen molar-refractivity contribution < 1.29 is 9.21 Å². The summed E-state index contributed by atoms with van der Waals surface area (Å²) in [5, 5.41) is 0.766. The molecule has 4 nitrogen and oxygen atoms in total. The Hall–Kier alpha value is -0.650. The van der Waals surface area contributed by atoms with E-state index in [4.69, 9.17) is 10.2 Å². The van der Waals surface area contributed by atoms with Crippen LogP contribution in [0.5, 0.6) is 0 Å². The summed E-state index contributed by atoms with van der Waals surface area (Å²) in [6.45, 7) is 1.36. The van der Waals surface area contributed by atoms with Gasteiger partial charge in [-0.3, -0.25) is 4.79 Å². The molecular weight excluding hydrogens is 248 g/mol. The van der Waals surface area contributed by atoms with Gasteiger partial charge in [0.25, 0.3) is 5.91 Å². The summed E-state index contributed by atoms with van der Waals surface area (Å²) in [6, 6.07) is 3.65. The highest BCUT2D eigenvalue weighted by atomic mass is 35.5. The maximum Gasteiger partial charge on any atom is 0.289 e. The standard InChI is InChI=1S/C10H14N2O2S.ClH/c1-15-9-3-2-8(14-9)10(13)12-5-4-7(11)6-12;/h2-3,7H,4-6,11H2,1H3;1H. The first kappa shape index (κ1) is 13.4. The molecule has 1 atom stereocenters. The smallest absolute Gasteiger partial charge is 0.289 e. The number of amides is 1. The van der Waals surface area contributed by atoms with E-state index in [1.165, 1.54) is 11.8 Å². The lowest BCUT2D eigenvalue weighted by atomic mass is 10.3. The minimum atomic E-state index is -0.0525. The SMILES string of the molecule is CSc1ccc(C(=O)N2CCC(N)C2)o1.Cl. The number of nitrogens with two attached hydrogens (primary N) is 1. The van der Waals surface area contributed by atoms with Crippen molar-refractivity contribution in [1.29, 1.82) is 0 Å². The summed E-state index contributed by atoms with van der Waals surface area (Å²) in [6.07, 6.45) is 2.79. The molecule has 1 aliphatic rings. The topological polar surface area (TPSA) is 59.5 Å². The van der Waals surface area contributed by atoms with Crippen molar-refractivity contribution >= 4 is 30.1 Å². The maximum absolute atomic E-state index is 11.9. The average Bonchev–Trinajstić information content (AvgIpc) is 2.84. The Morgan fingerprint density at radius 1 is 1.62 bits per heavy atom. The predicted octanol–water partition coefficient (Wildman–Crippen LogP) is 1.60. The fourth-order valence-corrected chi connectivity index (χ4v) is 2.05. The van der Waals surface area contributed by atoms with Gasteiger partial charge in [-0.15, -0.1) is 12.4 Å². The molecule has 0 bridgehead atoms. The Bertz CT molecular complexity index is 369. The number of rotatable bonds is 2. The van der Waals surface area contributed by atoms with E-state index in [2.05, 4.69) is 0 Å². The van der Waals surface area contributed by atoms with E-state index in [9.17, 15) is 4.79 Å². The summed E-state index contributed by atoms with van der Waals surface area (Å²) in [5.41, 5.74) is 5.74. The third kappa shape index (κ3) is 2.72. The molecule has 16 heavy (non-hydrogen) atoms. The van der Waals surface area contributed by atoms with Gasteiger partial charge in [0, 0.05) is 19.1 Å². The lowest BCUT2D eigenvalue weighted by Gasteiger charge is -2.13. The highest BCUT2D eigenvalue weighted by molar-refractivity contribution is 7.98. The first-order chi connectivity index (χ1) is 7.20. The van der Waals surface area contributed by atoms with Gasteiger partial charge in [-0.2, -0.15) is 0 Å². The molecule has 0 spiro atoms. The Morgan fingerprint density at radius 2 is 2.38 bits per heavy atom. The maximum atomic E-state index is 11.9. The van der Waals surface area contributed by atoms with Crippen molar-refractivity contribution in [1.82, 2.24) is 4.90 Å². The van der Waals surface area contributed by atoms with E-state index in [1.807, 2.05) is 12.3 Å². The van der Waals surface area contributed by atoms with Gasteiger partial charge < -0.3 is 15.1 Å². The van der Waals surface area contributed by atoms with E-state index >= 15 is 0 Å². The Labute approximate surface area is 105 Å². The molecule has 90 valence electrons. The number of halogens is 1. The third-order valence-corrected chi connectivity index (χ3v) is 3.13. The molecule has 1 unspecified atom stereocenters. The van der Waals surface area contributed by atoms with Crippen molar-refractivity contribution in [2.75, 3.05) is 19.3 Å². The molecule has 0 radical (unpaired) electrons. The van der Waals surface area contributed by atoms with Crippen molar-refractivity contribution in [3.8, 4) is 0 Å². The summed E-state index contributed by atoms with van der Waals surface area (Å²) in [7, 11) is 0. The van der Waals surface area contributed by atoms with Crippen LogP contribution in [-0.4, -0.2) is 36.2 Å². The molecule has 6 heteroatoms. The third-order valence-electron chi connectivity index (χ3n) is 2.51. The minimum Gasteiger partial charge on any atom is -0.445 e. The molecule has 1 fully saturated rings. The highest BCUT2D eigenvalue weighted by Gasteiger charge is 2.26. The molecule has 1 aromatic rings. The van der Waals surface area contributed by atoms with Gasteiger partial charge in [0.1, 0.15) is 0 Å². The number of carbonyl (C=O) groups excluding carboxylic acids is 1. The van der Waals surface area contributed by atoms with Crippen molar-refractivity contribution in [2.45, 2.75) is 17.6 Å². The molecule has 0 saturated carbocycles. The molecule has 0 aliphatic carbocycles.